The molecule has 0 radical (unpaired) electrons. The lowest BCUT2D eigenvalue weighted by molar-refractivity contribution is 0.795. The zero-order valence-corrected chi connectivity index (χ0v) is 14.6. The van der Waals surface area contributed by atoms with Crippen molar-refractivity contribution in [2.75, 3.05) is 0 Å². The Balaban J connectivity index is 1.84. The highest BCUT2D eigenvalue weighted by Gasteiger charge is 2.08. The molecular formula is C22H17N3O. The molecule has 0 atom stereocenters. The first-order valence-corrected chi connectivity index (χ1v) is 8.35. The molecule has 0 unspecified atom stereocenters. The van der Waals surface area contributed by atoms with E-state index in [-0.39, 0.29) is 5.69 Å². The van der Waals surface area contributed by atoms with Crippen LogP contribution in [0, 0.1) is 11.3 Å². The molecule has 0 amide bonds. The molecule has 0 aliphatic rings. The van der Waals surface area contributed by atoms with Crippen molar-refractivity contribution in [2.45, 2.75) is 0 Å². The van der Waals surface area contributed by atoms with E-state index >= 15 is 0 Å². The second kappa shape index (κ2) is 6.05. The molecule has 4 rings (SSSR count). The van der Waals surface area contributed by atoms with Crippen molar-refractivity contribution >= 4 is 33.5 Å². The van der Waals surface area contributed by atoms with Crippen LogP contribution >= 0.6 is 0 Å². The maximum Gasteiger partial charge on any atom is 0.328 e. The van der Waals surface area contributed by atoms with Crippen molar-refractivity contribution in [3.63, 3.8) is 0 Å². The molecule has 0 aliphatic heterocycles. The first-order valence-electron chi connectivity index (χ1n) is 8.35. The maximum absolute atomic E-state index is 12.1. The van der Waals surface area contributed by atoms with E-state index in [2.05, 4.69) is 12.1 Å². The van der Waals surface area contributed by atoms with Crippen LogP contribution in [0.2, 0.25) is 0 Å². The largest absolute Gasteiger partial charge is 0.328 e. The van der Waals surface area contributed by atoms with Gasteiger partial charge >= 0.3 is 5.69 Å². The lowest BCUT2D eigenvalue weighted by Gasteiger charge is -2.04. The fourth-order valence-corrected chi connectivity index (χ4v) is 3.32. The van der Waals surface area contributed by atoms with Crippen LogP contribution in [-0.2, 0) is 14.1 Å². The molecule has 4 nitrogen and oxygen atoms in total. The quantitative estimate of drug-likeness (QED) is 0.408. The van der Waals surface area contributed by atoms with Crippen LogP contribution in [0.1, 0.15) is 11.1 Å². The van der Waals surface area contributed by atoms with E-state index in [0.717, 1.165) is 32.9 Å². The summed E-state index contributed by atoms with van der Waals surface area (Å²) in [5.74, 6) is 0. The molecule has 1 aromatic heterocycles. The molecule has 0 bridgehead atoms. The van der Waals surface area contributed by atoms with Crippen LogP contribution in [0.15, 0.2) is 65.5 Å². The molecule has 26 heavy (non-hydrogen) atoms. The molecule has 0 spiro atoms. The summed E-state index contributed by atoms with van der Waals surface area (Å²) in [7, 11) is 3.52. The van der Waals surface area contributed by atoms with Crippen LogP contribution in [0.25, 0.3) is 33.5 Å². The van der Waals surface area contributed by atoms with Crippen LogP contribution in [-0.4, -0.2) is 9.13 Å². The van der Waals surface area contributed by atoms with Gasteiger partial charge in [-0.25, -0.2) is 4.79 Å². The number of hydrogen-bond acceptors (Lipinski definition) is 2. The van der Waals surface area contributed by atoms with Gasteiger partial charge in [-0.3, -0.25) is 9.13 Å². The number of aromatic nitrogens is 2. The predicted molar refractivity (Wildman–Crippen MR) is 106 cm³/mol. The maximum atomic E-state index is 12.1. The lowest BCUT2D eigenvalue weighted by Crippen LogP contribution is -2.19. The first kappa shape index (κ1) is 15.9. The summed E-state index contributed by atoms with van der Waals surface area (Å²) in [6.45, 7) is 0. The number of fused-ring (bicyclic) bond motifs is 2. The Morgan fingerprint density at radius 2 is 1.65 bits per heavy atom. The molecule has 4 aromatic rings. The fraction of sp³-hybridized carbons (Fsp3) is 0.0909. The van der Waals surface area contributed by atoms with E-state index in [4.69, 9.17) is 0 Å². The number of imidazole rings is 1. The zero-order chi connectivity index (χ0) is 18.3. The minimum Gasteiger partial charge on any atom is -0.295 e. The molecule has 0 fully saturated rings. The van der Waals surface area contributed by atoms with Crippen LogP contribution in [0.3, 0.4) is 0 Å². The van der Waals surface area contributed by atoms with E-state index in [1.807, 2.05) is 60.7 Å². The summed E-state index contributed by atoms with van der Waals surface area (Å²) in [5.41, 5.74) is 4.03. The van der Waals surface area contributed by atoms with Crippen LogP contribution in [0.4, 0.5) is 0 Å². The highest BCUT2D eigenvalue weighted by Crippen LogP contribution is 2.24. The van der Waals surface area contributed by atoms with Gasteiger partial charge in [-0.1, -0.05) is 42.5 Å². The molecule has 126 valence electrons. The molecular weight excluding hydrogens is 322 g/mol. The third-order valence-corrected chi connectivity index (χ3v) is 4.79. The Hall–Kier alpha value is -3.58. The van der Waals surface area contributed by atoms with E-state index in [1.54, 1.807) is 23.2 Å². The van der Waals surface area contributed by atoms with Crippen molar-refractivity contribution < 1.29 is 0 Å². The second-order valence-electron chi connectivity index (χ2n) is 6.38. The van der Waals surface area contributed by atoms with Crippen molar-refractivity contribution in [3.05, 3.63) is 82.3 Å². The monoisotopic (exact) mass is 339 g/mol. The van der Waals surface area contributed by atoms with E-state index in [0.29, 0.717) is 5.57 Å². The van der Waals surface area contributed by atoms with Gasteiger partial charge < -0.3 is 0 Å². The smallest absolute Gasteiger partial charge is 0.295 e. The van der Waals surface area contributed by atoms with Crippen molar-refractivity contribution in [2.24, 2.45) is 14.1 Å². The van der Waals surface area contributed by atoms with Crippen molar-refractivity contribution in [3.8, 4) is 6.07 Å². The summed E-state index contributed by atoms with van der Waals surface area (Å²) >= 11 is 0. The fourth-order valence-electron chi connectivity index (χ4n) is 3.32. The predicted octanol–water partition coefficient (Wildman–Crippen LogP) is 4.09. The lowest BCUT2D eigenvalue weighted by atomic mass is 10.00. The minimum absolute atomic E-state index is 0.0591. The molecule has 4 heteroatoms. The average molecular weight is 339 g/mol. The van der Waals surface area contributed by atoms with Crippen LogP contribution < -0.4 is 5.69 Å². The van der Waals surface area contributed by atoms with Gasteiger partial charge in [0.05, 0.1) is 22.7 Å². The topological polar surface area (TPSA) is 50.7 Å². The molecule has 3 aromatic carbocycles. The Kier molecular flexibility index (Phi) is 3.70. The summed E-state index contributed by atoms with van der Waals surface area (Å²) in [4.78, 5) is 12.1. The Morgan fingerprint density at radius 1 is 0.923 bits per heavy atom. The van der Waals surface area contributed by atoms with Gasteiger partial charge in [0, 0.05) is 14.1 Å². The highest BCUT2D eigenvalue weighted by molar-refractivity contribution is 5.95. The van der Waals surface area contributed by atoms with Gasteiger partial charge in [0.2, 0.25) is 0 Å². The molecule has 0 aliphatic carbocycles. The summed E-state index contributed by atoms with van der Waals surface area (Å²) in [5, 5.41) is 11.9. The third-order valence-electron chi connectivity index (χ3n) is 4.79. The van der Waals surface area contributed by atoms with Crippen molar-refractivity contribution in [1.29, 1.82) is 5.26 Å². The second-order valence-corrected chi connectivity index (χ2v) is 6.38. The van der Waals surface area contributed by atoms with Crippen molar-refractivity contribution in [1.82, 2.24) is 9.13 Å². The van der Waals surface area contributed by atoms with Gasteiger partial charge in [-0.15, -0.1) is 0 Å². The van der Waals surface area contributed by atoms with Gasteiger partial charge in [-0.05, 0) is 46.2 Å². The summed E-state index contributed by atoms with van der Waals surface area (Å²) in [6, 6.07) is 22.2. The molecule has 0 N–H and O–H groups in total. The Morgan fingerprint density at radius 3 is 2.42 bits per heavy atom. The van der Waals surface area contributed by atoms with Gasteiger partial charge in [0.15, 0.2) is 0 Å². The number of hydrogen-bond donors (Lipinski definition) is 0. The SMILES string of the molecule is Cn1c(=O)n(C)c2cc(C=C(C#N)c3ccc4ccccc4c3)ccc21. The number of benzene rings is 3. The number of aryl methyl sites for hydroxylation is 2. The number of rotatable bonds is 2. The molecule has 0 saturated carbocycles. The highest BCUT2D eigenvalue weighted by atomic mass is 16.1. The number of nitrogens with zero attached hydrogens (tertiary/aromatic N) is 3. The zero-order valence-electron chi connectivity index (χ0n) is 14.6. The Bertz CT molecular complexity index is 1280. The standard InChI is InChI=1S/C22H17N3O/c1-24-20-10-7-15(12-21(20)25(2)22(24)26)11-19(14-23)18-9-8-16-5-3-4-6-17(16)13-18/h3-13H,1-2H3. The van der Waals surface area contributed by atoms with Gasteiger partial charge in [-0.2, -0.15) is 5.26 Å². The summed E-state index contributed by atoms with van der Waals surface area (Å²) < 4.78 is 3.24. The third kappa shape index (κ3) is 2.51. The van der Waals surface area contributed by atoms with Crippen LogP contribution in [0.5, 0.6) is 0 Å². The average Bonchev–Trinajstić information content (AvgIpc) is 2.89. The first-order chi connectivity index (χ1) is 12.6. The van der Waals surface area contributed by atoms with E-state index in [9.17, 15) is 10.1 Å². The number of allylic oxidation sites excluding steroid dienone is 1. The van der Waals surface area contributed by atoms with E-state index in [1.165, 1.54) is 0 Å². The number of nitriles is 1. The van der Waals surface area contributed by atoms with Gasteiger partial charge in [0.25, 0.3) is 0 Å². The molecule has 0 saturated heterocycles. The summed E-state index contributed by atoms with van der Waals surface area (Å²) in [6.07, 6.45) is 1.86. The Labute approximate surface area is 150 Å². The normalized spacial score (nSPS) is 11.8. The molecule has 1 heterocycles. The minimum atomic E-state index is -0.0591. The van der Waals surface area contributed by atoms with E-state index < -0.39 is 0 Å². The van der Waals surface area contributed by atoms with Gasteiger partial charge in [0.1, 0.15) is 0 Å².